The molecule has 1 atom stereocenters. The lowest BCUT2D eigenvalue weighted by Crippen LogP contribution is -2.32. The monoisotopic (exact) mass is 376 g/mol. The number of carbonyl (C=O) groups excluding carboxylic acids is 3. The third kappa shape index (κ3) is 13.1. The van der Waals surface area contributed by atoms with E-state index in [0.717, 1.165) is 0 Å². The Bertz CT molecular complexity index is 471. The summed E-state index contributed by atoms with van der Waals surface area (Å²) in [7, 11) is 0. The lowest BCUT2D eigenvalue weighted by molar-refractivity contribution is -0.141. The minimum atomic E-state index is -0.914. The second-order valence-electron chi connectivity index (χ2n) is 5.88. The topological polar surface area (TPSA) is 107 Å². The van der Waals surface area contributed by atoms with Crippen LogP contribution in [0.15, 0.2) is 12.2 Å². The maximum atomic E-state index is 11.6. The fourth-order valence-corrected chi connectivity index (χ4v) is 1.39. The van der Waals surface area contributed by atoms with E-state index >= 15 is 0 Å². The molecule has 0 aromatic heterocycles. The molecule has 150 valence electrons. The molecule has 0 radical (unpaired) electrons. The van der Waals surface area contributed by atoms with Crippen LogP contribution in [0.3, 0.4) is 0 Å². The molecular weight excluding hydrogens is 348 g/mol. The van der Waals surface area contributed by atoms with Gasteiger partial charge in [0, 0.05) is 5.57 Å². The Morgan fingerprint density at radius 3 is 1.92 bits per heavy atom. The van der Waals surface area contributed by atoms with Crippen molar-refractivity contribution < 1.29 is 42.8 Å². The first-order chi connectivity index (χ1) is 12.1. The fraction of sp³-hybridized carbons (Fsp3) is 0.706. The van der Waals surface area contributed by atoms with Gasteiger partial charge < -0.3 is 28.4 Å². The molecule has 0 fully saturated rings. The summed E-state index contributed by atoms with van der Waals surface area (Å²) in [6.07, 6.45) is -3.41. The van der Waals surface area contributed by atoms with Gasteiger partial charge in [0.25, 0.3) is 0 Å². The summed E-state index contributed by atoms with van der Waals surface area (Å²) in [5, 5.41) is 0. The minimum absolute atomic E-state index is 0.00506. The second-order valence-corrected chi connectivity index (χ2v) is 5.88. The maximum Gasteiger partial charge on any atom is 0.509 e. The molecule has 0 rings (SSSR count). The van der Waals surface area contributed by atoms with Crippen LogP contribution in [0.5, 0.6) is 0 Å². The Balaban J connectivity index is 4.34. The minimum Gasteiger partial charge on any atom is -0.460 e. The van der Waals surface area contributed by atoms with Crippen molar-refractivity contribution in [3.8, 4) is 0 Å². The first kappa shape index (κ1) is 23.7. The van der Waals surface area contributed by atoms with E-state index in [1.54, 1.807) is 27.7 Å². The quantitative estimate of drug-likeness (QED) is 0.233. The number of carbonyl (C=O) groups is 3. The van der Waals surface area contributed by atoms with Gasteiger partial charge >= 0.3 is 18.3 Å². The molecule has 0 bridgehead atoms. The van der Waals surface area contributed by atoms with Crippen molar-refractivity contribution in [3.63, 3.8) is 0 Å². The number of hydrogen-bond donors (Lipinski definition) is 0. The molecule has 0 heterocycles. The first-order valence-corrected chi connectivity index (χ1v) is 8.22. The molecule has 0 N–H and O–H groups in total. The van der Waals surface area contributed by atoms with E-state index in [9.17, 15) is 14.4 Å². The van der Waals surface area contributed by atoms with Crippen LogP contribution in [0, 0.1) is 0 Å². The third-order valence-electron chi connectivity index (χ3n) is 2.43. The Morgan fingerprint density at radius 2 is 1.38 bits per heavy atom. The first-order valence-electron chi connectivity index (χ1n) is 8.22. The van der Waals surface area contributed by atoms with Crippen LogP contribution in [-0.4, -0.2) is 63.0 Å². The Kier molecular flexibility index (Phi) is 11.8. The molecule has 26 heavy (non-hydrogen) atoms. The van der Waals surface area contributed by atoms with Gasteiger partial charge in [-0.3, -0.25) is 0 Å². The third-order valence-corrected chi connectivity index (χ3v) is 2.43. The molecule has 0 aliphatic rings. The van der Waals surface area contributed by atoms with Crippen LogP contribution >= 0.6 is 0 Å². The molecular formula is C17H28O9. The average Bonchev–Trinajstić information content (AvgIpc) is 2.50. The molecule has 0 aromatic carbocycles. The van der Waals surface area contributed by atoms with Crippen LogP contribution in [-0.2, 0) is 33.2 Å². The lowest BCUT2D eigenvalue weighted by Gasteiger charge is -2.19. The highest BCUT2D eigenvalue weighted by molar-refractivity contribution is 5.86. The predicted molar refractivity (Wildman–Crippen MR) is 90.7 cm³/mol. The molecule has 0 saturated carbocycles. The van der Waals surface area contributed by atoms with Gasteiger partial charge in [-0.25, -0.2) is 14.4 Å². The predicted octanol–water partition coefficient (Wildman–Crippen LogP) is 2.61. The maximum absolute atomic E-state index is 11.6. The largest absolute Gasteiger partial charge is 0.509 e. The zero-order chi connectivity index (χ0) is 20.1. The molecule has 9 nitrogen and oxygen atoms in total. The van der Waals surface area contributed by atoms with E-state index in [1.165, 1.54) is 6.92 Å². The van der Waals surface area contributed by atoms with Crippen LogP contribution in [0.25, 0.3) is 0 Å². The van der Waals surface area contributed by atoms with Crippen molar-refractivity contribution in [2.24, 2.45) is 0 Å². The number of rotatable bonds is 11. The van der Waals surface area contributed by atoms with Crippen molar-refractivity contribution in [1.82, 2.24) is 0 Å². The van der Waals surface area contributed by atoms with E-state index < -0.39 is 24.4 Å². The summed E-state index contributed by atoms with van der Waals surface area (Å²) in [6, 6.07) is 0. The highest BCUT2D eigenvalue weighted by atomic mass is 16.8. The van der Waals surface area contributed by atoms with Gasteiger partial charge in [0.1, 0.15) is 13.2 Å². The molecule has 9 heteroatoms. The number of esters is 1. The van der Waals surface area contributed by atoms with Crippen LogP contribution in [0.1, 0.15) is 34.6 Å². The SMILES string of the molecule is C=C(C)C(=O)OCCOCC(COC(=O)OC(C)C)OC(=O)OC(C)C. The summed E-state index contributed by atoms with van der Waals surface area (Å²) >= 11 is 0. The van der Waals surface area contributed by atoms with E-state index in [-0.39, 0.29) is 44.2 Å². The summed E-state index contributed by atoms with van der Waals surface area (Å²) in [5.41, 5.74) is 0.278. The molecule has 1 unspecified atom stereocenters. The van der Waals surface area contributed by atoms with Gasteiger partial charge in [-0.05, 0) is 34.6 Å². The highest BCUT2D eigenvalue weighted by Gasteiger charge is 2.20. The summed E-state index contributed by atoms with van der Waals surface area (Å²) < 4.78 is 29.7. The molecule has 0 aliphatic carbocycles. The van der Waals surface area contributed by atoms with Gasteiger partial charge in [-0.1, -0.05) is 6.58 Å². The van der Waals surface area contributed by atoms with Crippen molar-refractivity contribution >= 4 is 18.3 Å². The summed E-state index contributed by atoms with van der Waals surface area (Å²) in [4.78, 5) is 34.2. The van der Waals surface area contributed by atoms with E-state index in [1.807, 2.05) is 0 Å². The van der Waals surface area contributed by atoms with E-state index in [4.69, 9.17) is 28.4 Å². The van der Waals surface area contributed by atoms with Crippen molar-refractivity contribution in [2.45, 2.75) is 52.9 Å². The summed E-state index contributed by atoms with van der Waals surface area (Å²) in [5.74, 6) is -0.526. The van der Waals surface area contributed by atoms with Crippen molar-refractivity contribution in [3.05, 3.63) is 12.2 Å². The van der Waals surface area contributed by atoms with Gasteiger partial charge in [-0.15, -0.1) is 0 Å². The fourth-order valence-electron chi connectivity index (χ4n) is 1.39. The number of hydrogen-bond acceptors (Lipinski definition) is 9. The summed E-state index contributed by atoms with van der Waals surface area (Å²) in [6.45, 7) is 11.4. The normalized spacial score (nSPS) is 11.7. The van der Waals surface area contributed by atoms with E-state index in [0.29, 0.717) is 0 Å². The molecule has 0 amide bonds. The van der Waals surface area contributed by atoms with Crippen molar-refractivity contribution in [2.75, 3.05) is 26.4 Å². The molecule has 0 spiro atoms. The smallest absolute Gasteiger partial charge is 0.460 e. The standard InChI is InChI=1S/C17H28O9/c1-11(2)15(18)22-8-7-21-9-14(26-17(20)25-13(5)6)10-23-16(19)24-12(3)4/h12-14H,1,7-10H2,2-6H3. The Hall–Kier alpha value is -2.29. The van der Waals surface area contributed by atoms with Crippen LogP contribution < -0.4 is 0 Å². The van der Waals surface area contributed by atoms with Gasteiger partial charge in [0.05, 0.1) is 25.4 Å². The molecule has 0 aliphatic heterocycles. The van der Waals surface area contributed by atoms with Gasteiger partial charge in [-0.2, -0.15) is 0 Å². The molecule has 0 aromatic rings. The zero-order valence-electron chi connectivity index (χ0n) is 15.9. The Morgan fingerprint density at radius 1 is 0.808 bits per heavy atom. The van der Waals surface area contributed by atoms with Gasteiger partial charge in [0.2, 0.25) is 0 Å². The van der Waals surface area contributed by atoms with Gasteiger partial charge in [0.15, 0.2) is 6.10 Å². The average molecular weight is 376 g/mol. The van der Waals surface area contributed by atoms with E-state index in [2.05, 4.69) is 6.58 Å². The zero-order valence-corrected chi connectivity index (χ0v) is 15.9. The lowest BCUT2D eigenvalue weighted by atomic mass is 10.4. The van der Waals surface area contributed by atoms with Crippen molar-refractivity contribution in [1.29, 1.82) is 0 Å². The Labute approximate surface area is 153 Å². The number of ether oxygens (including phenoxy) is 6. The van der Waals surface area contributed by atoms with Crippen LogP contribution in [0.4, 0.5) is 9.59 Å². The second kappa shape index (κ2) is 13.0. The molecule has 0 saturated heterocycles. The highest BCUT2D eigenvalue weighted by Crippen LogP contribution is 2.03. The van der Waals surface area contributed by atoms with Crippen LogP contribution in [0.2, 0.25) is 0 Å².